The molecule has 104 valence electrons. The van der Waals surface area contributed by atoms with Gasteiger partial charge in [-0.25, -0.2) is 5.43 Å². The molecule has 5 N–H and O–H groups in total. The molecule has 0 aliphatic carbocycles. The van der Waals surface area contributed by atoms with E-state index in [-0.39, 0.29) is 24.0 Å². The van der Waals surface area contributed by atoms with Gasteiger partial charge < -0.3 is 15.6 Å². The minimum atomic E-state index is -0.256. The van der Waals surface area contributed by atoms with E-state index in [0.717, 1.165) is 11.1 Å². The molecule has 1 aromatic rings. The SMILES string of the molecule is C=NC(C(=N)N)=C1NN=C(c2cccc(CCO)c2)O1. The van der Waals surface area contributed by atoms with Crippen molar-refractivity contribution in [2.45, 2.75) is 6.42 Å². The zero-order valence-corrected chi connectivity index (χ0v) is 10.8. The Morgan fingerprint density at radius 3 is 3.00 bits per heavy atom. The molecule has 1 aliphatic rings. The number of hydrogen-bond donors (Lipinski definition) is 4. The molecule has 20 heavy (non-hydrogen) atoms. The number of amidine groups is 1. The molecule has 0 atom stereocenters. The van der Waals surface area contributed by atoms with Crippen LogP contribution in [0, 0.1) is 5.41 Å². The molecule has 1 aromatic carbocycles. The molecule has 0 aromatic heterocycles. The van der Waals surface area contributed by atoms with Crippen molar-refractivity contribution in [1.29, 1.82) is 5.41 Å². The van der Waals surface area contributed by atoms with E-state index < -0.39 is 0 Å². The van der Waals surface area contributed by atoms with Gasteiger partial charge in [0.2, 0.25) is 11.8 Å². The highest BCUT2D eigenvalue weighted by molar-refractivity contribution is 5.99. The lowest BCUT2D eigenvalue weighted by Gasteiger charge is -2.05. The van der Waals surface area contributed by atoms with Gasteiger partial charge >= 0.3 is 0 Å². The van der Waals surface area contributed by atoms with Crippen molar-refractivity contribution in [2.24, 2.45) is 15.8 Å². The van der Waals surface area contributed by atoms with Gasteiger partial charge in [0.05, 0.1) is 0 Å². The van der Waals surface area contributed by atoms with Gasteiger partial charge in [-0.15, -0.1) is 5.10 Å². The van der Waals surface area contributed by atoms with Gasteiger partial charge in [0.15, 0.2) is 5.70 Å². The Balaban J connectivity index is 2.23. The first-order chi connectivity index (χ1) is 9.65. The summed E-state index contributed by atoms with van der Waals surface area (Å²) >= 11 is 0. The number of nitrogens with one attached hydrogen (secondary N) is 2. The largest absolute Gasteiger partial charge is 0.417 e. The number of rotatable bonds is 5. The minimum Gasteiger partial charge on any atom is -0.417 e. The van der Waals surface area contributed by atoms with Crippen LogP contribution < -0.4 is 11.2 Å². The number of ether oxygens (including phenoxy) is 1. The maximum atomic E-state index is 8.95. The van der Waals surface area contributed by atoms with Crippen LogP contribution in [0.25, 0.3) is 0 Å². The fourth-order valence-electron chi connectivity index (χ4n) is 1.74. The van der Waals surface area contributed by atoms with Crippen molar-refractivity contribution < 1.29 is 9.84 Å². The lowest BCUT2D eigenvalue weighted by molar-refractivity contribution is 0.299. The van der Waals surface area contributed by atoms with Crippen LogP contribution >= 0.6 is 0 Å². The van der Waals surface area contributed by atoms with E-state index in [0.29, 0.717) is 12.3 Å². The number of hydrazone groups is 1. The first kappa shape index (κ1) is 13.8. The highest BCUT2D eigenvalue weighted by atomic mass is 16.5. The maximum absolute atomic E-state index is 8.95. The Hall–Kier alpha value is -2.67. The molecular weight excluding hydrogens is 258 g/mol. The Morgan fingerprint density at radius 2 is 2.35 bits per heavy atom. The average molecular weight is 273 g/mol. The number of nitrogens with two attached hydrogens (primary N) is 1. The Labute approximate surface area is 116 Å². The summed E-state index contributed by atoms with van der Waals surface area (Å²) in [5.41, 5.74) is 9.83. The van der Waals surface area contributed by atoms with E-state index in [1.54, 1.807) is 0 Å². The van der Waals surface area contributed by atoms with E-state index in [1.165, 1.54) is 0 Å². The number of nitrogens with zero attached hydrogens (tertiary/aromatic N) is 2. The van der Waals surface area contributed by atoms with Crippen LogP contribution in [-0.4, -0.2) is 30.2 Å². The lowest BCUT2D eigenvalue weighted by atomic mass is 10.1. The summed E-state index contributed by atoms with van der Waals surface area (Å²) < 4.78 is 5.50. The molecule has 0 radical (unpaired) electrons. The highest BCUT2D eigenvalue weighted by Crippen LogP contribution is 2.16. The molecule has 2 rings (SSSR count). The van der Waals surface area contributed by atoms with Crippen molar-refractivity contribution >= 4 is 18.5 Å². The third-order valence-corrected chi connectivity index (χ3v) is 2.66. The van der Waals surface area contributed by atoms with Gasteiger partial charge in [-0.05, 0) is 30.8 Å². The van der Waals surface area contributed by atoms with E-state index in [2.05, 4.69) is 22.2 Å². The number of hydrogen-bond acceptors (Lipinski definition) is 6. The molecule has 0 unspecified atom stereocenters. The van der Waals surface area contributed by atoms with Crippen LogP contribution in [-0.2, 0) is 11.2 Å². The summed E-state index contributed by atoms with van der Waals surface area (Å²) in [6, 6.07) is 7.46. The average Bonchev–Trinajstić information content (AvgIpc) is 2.89. The van der Waals surface area contributed by atoms with Gasteiger partial charge in [-0.1, -0.05) is 12.1 Å². The van der Waals surface area contributed by atoms with E-state index in [1.807, 2.05) is 24.3 Å². The van der Waals surface area contributed by atoms with Crippen LogP contribution in [0.15, 0.2) is 45.9 Å². The quantitative estimate of drug-likeness (QED) is 0.456. The van der Waals surface area contributed by atoms with Gasteiger partial charge in [-0.3, -0.25) is 10.4 Å². The second-order valence-electron chi connectivity index (χ2n) is 4.05. The maximum Gasteiger partial charge on any atom is 0.245 e. The molecule has 0 bridgehead atoms. The number of aliphatic imine (C=N–C) groups is 1. The van der Waals surface area contributed by atoms with Crippen molar-refractivity contribution in [1.82, 2.24) is 5.43 Å². The summed E-state index contributed by atoms with van der Waals surface area (Å²) in [6.07, 6.45) is 0.560. The third kappa shape index (κ3) is 2.83. The first-order valence-electron chi connectivity index (χ1n) is 5.93. The monoisotopic (exact) mass is 273 g/mol. The second kappa shape index (κ2) is 5.98. The van der Waals surface area contributed by atoms with E-state index >= 15 is 0 Å². The molecule has 7 heteroatoms. The fourth-order valence-corrected chi connectivity index (χ4v) is 1.74. The summed E-state index contributed by atoms with van der Waals surface area (Å²) in [5.74, 6) is 0.269. The van der Waals surface area contributed by atoms with Gasteiger partial charge in [-0.2, -0.15) is 0 Å². The van der Waals surface area contributed by atoms with Crippen LogP contribution in [0.5, 0.6) is 0 Å². The smallest absolute Gasteiger partial charge is 0.245 e. The molecule has 1 aliphatic heterocycles. The molecule has 0 spiro atoms. The molecular formula is C13H15N5O2. The van der Waals surface area contributed by atoms with Crippen LogP contribution in [0.4, 0.5) is 0 Å². The predicted molar refractivity (Wildman–Crippen MR) is 76.5 cm³/mol. The minimum absolute atomic E-state index is 0.0784. The molecule has 0 saturated heterocycles. The number of aliphatic hydroxyl groups excluding tert-OH is 1. The number of aliphatic hydroxyl groups is 1. The molecule has 0 fully saturated rings. The Kier molecular flexibility index (Phi) is 4.11. The lowest BCUT2D eigenvalue weighted by Crippen LogP contribution is -2.17. The van der Waals surface area contributed by atoms with Crippen molar-refractivity contribution in [2.75, 3.05) is 6.61 Å². The van der Waals surface area contributed by atoms with Crippen molar-refractivity contribution in [3.8, 4) is 0 Å². The summed E-state index contributed by atoms with van der Waals surface area (Å²) in [4.78, 5) is 3.63. The normalized spacial score (nSPS) is 15.9. The van der Waals surface area contributed by atoms with Gasteiger partial charge in [0, 0.05) is 12.2 Å². The second-order valence-corrected chi connectivity index (χ2v) is 4.05. The van der Waals surface area contributed by atoms with Gasteiger partial charge in [0.25, 0.3) is 0 Å². The summed E-state index contributed by atoms with van der Waals surface area (Å²) in [7, 11) is 0. The molecule has 1 heterocycles. The molecule has 0 saturated carbocycles. The standard InChI is InChI=1S/C13H15N5O2/c1-16-10(11(14)15)13-18-17-12(20-13)9-4-2-3-8(7-9)5-6-19/h2-4,7,18-19H,1,5-6H2,(H3,14,15). The van der Waals surface area contributed by atoms with E-state index in [9.17, 15) is 0 Å². The highest BCUT2D eigenvalue weighted by Gasteiger charge is 2.20. The summed E-state index contributed by atoms with van der Waals surface area (Å²) in [5, 5.41) is 20.3. The molecule has 0 amide bonds. The van der Waals surface area contributed by atoms with E-state index in [4.69, 9.17) is 21.0 Å². The van der Waals surface area contributed by atoms with Crippen molar-refractivity contribution in [3.63, 3.8) is 0 Å². The first-order valence-corrected chi connectivity index (χ1v) is 5.93. The van der Waals surface area contributed by atoms with Gasteiger partial charge in [0.1, 0.15) is 5.84 Å². The zero-order valence-electron chi connectivity index (χ0n) is 10.8. The predicted octanol–water partition coefficient (Wildman–Crippen LogP) is 0.308. The Morgan fingerprint density at radius 1 is 1.55 bits per heavy atom. The number of benzene rings is 1. The topological polar surface area (TPSA) is 116 Å². The van der Waals surface area contributed by atoms with Crippen LogP contribution in [0.3, 0.4) is 0 Å². The fraction of sp³-hybridized carbons (Fsp3) is 0.154. The van der Waals surface area contributed by atoms with Crippen molar-refractivity contribution in [3.05, 3.63) is 47.0 Å². The zero-order chi connectivity index (χ0) is 14.5. The Bertz CT molecular complexity index is 607. The van der Waals surface area contributed by atoms with Crippen LogP contribution in [0.1, 0.15) is 11.1 Å². The molecule has 7 nitrogen and oxygen atoms in total. The third-order valence-electron chi connectivity index (χ3n) is 2.66. The van der Waals surface area contributed by atoms with Crippen LogP contribution in [0.2, 0.25) is 0 Å². The summed E-state index contributed by atoms with van der Waals surface area (Å²) in [6.45, 7) is 3.41.